The quantitative estimate of drug-likeness (QED) is 0.0199. The van der Waals surface area contributed by atoms with Crippen LogP contribution in [0.25, 0.3) is 0 Å². The van der Waals surface area contributed by atoms with Crippen molar-refractivity contribution in [3.8, 4) is 0 Å². The number of hydrogen-bond donors (Lipinski definition) is 12. The van der Waals surface area contributed by atoms with Gasteiger partial charge in [0.1, 0.15) is 73.2 Å². The first-order valence-electron chi connectivity index (χ1n) is 41.4. The van der Waals surface area contributed by atoms with Gasteiger partial charge in [-0.25, -0.2) is 0 Å². The summed E-state index contributed by atoms with van der Waals surface area (Å²) in [6.45, 7) is 1.84. The molecule has 99 heavy (non-hydrogen) atoms. The Bertz CT molecular complexity index is 1840. The van der Waals surface area contributed by atoms with Gasteiger partial charge in [-0.2, -0.15) is 0 Å². The van der Waals surface area contributed by atoms with Gasteiger partial charge in [0.05, 0.1) is 38.6 Å². The second kappa shape index (κ2) is 61.7. The van der Waals surface area contributed by atoms with Crippen LogP contribution in [0.15, 0.2) is 12.2 Å². The van der Waals surface area contributed by atoms with Gasteiger partial charge in [-0.3, -0.25) is 4.79 Å². The van der Waals surface area contributed by atoms with E-state index < -0.39 is 124 Å². The van der Waals surface area contributed by atoms with Crippen LogP contribution in [0.2, 0.25) is 0 Å². The Kier molecular flexibility index (Phi) is 57.1. The fourth-order valence-electron chi connectivity index (χ4n) is 14.4. The number of rotatable bonds is 67. The summed E-state index contributed by atoms with van der Waals surface area (Å²) in [6, 6.07) is -0.883. The number of carbonyl (C=O) groups is 1. The zero-order chi connectivity index (χ0) is 71.8. The van der Waals surface area contributed by atoms with Crippen molar-refractivity contribution in [2.45, 2.75) is 465 Å². The number of carbonyl (C=O) groups excluding carboxylic acids is 1. The Hall–Kier alpha value is -1.47. The normalized spacial score (nSPS) is 26.6. The van der Waals surface area contributed by atoms with Gasteiger partial charge in [0.15, 0.2) is 18.9 Å². The second-order valence-electron chi connectivity index (χ2n) is 29.9. The maximum Gasteiger partial charge on any atom is 0.220 e. The number of amides is 1. The Labute approximate surface area is 601 Å². The molecule has 0 aromatic heterocycles. The lowest BCUT2D eigenvalue weighted by atomic mass is 9.96. The van der Waals surface area contributed by atoms with E-state index in [-0.39, 0.29) is 18.9 Å². The number of aliphatic hydroxyl groups excluding tert-OH is 11. The number of nitrogens with one attached hydrogen (secondary N) is 1. The van der Waals surface area contributed by atoms with E-state index in [0.29, 0.717) is 12.8 Å². The zero-order valence-electron chi connectivity index (χ0n) is 62.8. The summed E-state index contributed by atoms with van der Waals surface area (Å²) in [4.78, 5) is 13.5. The second-order valence-corrected chi connectivity index (χ2v) is 29.9. The highest BCUT2D eigenvalue weighted by Gasteiger charge is 2.54. The SMILES string of the molecule is CCCCCCCCCC/C=C\CCCCCCCCCCCCCCCCCCCCCCCCCCCCCCCC(=O)NC(COC1OC(CO)C(OC2OC(CO)C(OC3OC(CO)C(O)C(O)C3O)C(O)C2O)C(O)C1O)C(O)CCCCCCCCCCCCCCC. The Balaban J connectivity index is 1.25. The van der Waals surface area contributed by atoms with Crippen LogP contribution in [-0.4, -0.2) is 193 Å². The van der Waals surface area contributed by atoms with Crippen molar-refractivity contribution in [1.82, 2.24) is 5.32 Å². The van der Waals surface area contributed by atoms with Gasteiger partial charge in [0, 0.05) is 6.42 Å². The highest BCUT2D eigenvalue weighted by atomic mass is 16.8. The molecule has 17 unspecified atom stereocenters. The first-order valence-corrected chi connectivity index (χ1v) is 41.4. The minimum Gasteiger partial charge on any atom is -0.394 e. The predicted molar refractivity (Wildman–Crippen MR) is 393 cm³/mol. The topological polar surface area (TPSA) is 307 Å². The molecule has 0 bridgehead atoms. The van der Waals surface area contributed by atoms with Gasteiger partial charge < -0.3 is 89.9 Å². The molecule has 0 spiro atoms. The van der Waals surface area contributed by atoms with Crippen LogP contribution >= 0.6 is 0 Å². The van der Waals surface area contributed by atoms with Gasteiger partial charge in [0.2, 0.25) is 5.91 Å². The minimum atomic E-state index is -1.97. The monoisotopic (exact) mass is 1420 g/mol. The Morgan fingerprint density at radius 3 is 0.980 bits per heavy atom. The van der Waals surface area contributed by atoms with Crippen molar-refractivity contribution in [3.63, 3.8) is 0 Å². The average molecular weight is 1420 g/mol. The molecule has 1 amide bonds. The van der Waals surface area contributed by atoms with Gasteiger partial charge >= 0.3 is 0 Å². The van der Waals surface area contributed by atoms with Crippen molar-refractivity contribution in [1.29, 1.82) is 0 Å². The van der Waals surface area contributed by atoms with E-state index in [1.807, 2.05) is 0 Å². The van der Waals surface area contributed by atoms with Crippen molar-refractivity contribution >= 4 is 5.91 Å². The molecule has 0 aromatic carbocycles. The lowest BCUT2D eigenvalue weighted by Gasteiger charge is -2.48. The van der Waals surface area contributed by atoms with Gasteiger partial charge in [-0.05, 0) is 38.5 Å². The molecule has 12 N–H and O–H groups in total. The zero-order valence-corrected chi connectivity index (χ0v) is 62.8. The maximum atomic E-state index is 13.5. The average Bonchev–Trinajstić information content (AvgIpc) is 0.785. The summed E-state index contributed by atoms with van der Waals surface area (Å²) in [5, 5.41) is 121. The molecule has 0 saturated carbocycles. The number of hydrogen-bond acceptors (Lipinski definition) is 18. The van der Waals surface area contributed by atoms with Crippen LogP contribution in [0.3, 0.4) is 0 Å². The standard InChI is InChI=1S/C80H153NO18/c1-3-5-7-9-11-13-15-17-18-19-20-21-22-23-24-25-26-27-28-29-30-31-32-33-34-35-36-37-38-39-40-41-42-43-44-46-48-50-52-54-56-58-68(86)81-63(64(85)57-55-53-51-49-47-45-16-14-12-10-8-6-4-2)62-94-78-74(92)71(89)76(66(60-83)96-78)99-80-75(93)72(90)77(67(61-84)97-80)98-79-73(91)70(88)69(87)65(59-82)95-79/h19-20,63-67,69-80,82-85,87-93H,3-18,21-62H2,1-2H3,(H,81,86)/b20-19-. The first-order chi connectivity index (χ1) is 48.3. The summed E-state index contributed by atoms with van der Waals surface area (Å²) >= 11 is 0. The van der Waals surface area contributed by atoms with Crippen LogP contribution in [-0.2, 0) is 33.2 Å². The molecule has 3 heterocycles. The molecule has 0 aromatic rings. The molecule has 3 saturated heterocycles. The molecule has 19 heteroatoms. The first kappa shape index (κ1) is 91.7. The van der Waals surface area contributed by atoms with E-state index in [1.54, 1.807) is 0 Å². The predicted octanol–water partition coefficient (Wildman–Crippen LogP) is 14.0. The van der Waals surface area contributed by atoms with Crippen molar-refractivity contribution in [2.75, 3.05) is 26.4 Å². The molecule has 17 atom stereocenters. The van der Waals surface area contributed by atoms with E-state index in [9.17, 15) is 61.0 Å². The van der Waals surface area contributed by atoms with Crippen LogP contribution in [0.4, 0.5) is 0 Å². The van der Waals surface area contributed by atoms with Crippen LogP contribution in [0.1, 0.15) is 361 Å². The summed E-state index contributed by atoms with van der Waals surface area (Å²) in [6.07, 6.45) is 46.4. The van der Waals surface area contributed by atoms with E-state index >= 15 is 0 Å². The van der Waals surface area contributed by atoms with Crippen molar-refractivity contribution in [3.05, 3.63) is 12.2 Å². The van der Waals surface area contributed by atoms with Crippen molar-refractivity contribution < 1.29 is 89.4 Å². The third-order valence-corrected chi connectivity index (χ3v) is 21.1. The molecule has 0 aliphatic carbocycles. The Morgan fingerprint density at radius 2 is 0.636 bits per heavy atom. The molecule has 3 aliphatic heterocycles. The summed E-state index contributed by atoms with van der Waals surface area (Å²) < 4.78 is 34.5. The lowest BCUT2D eigenvalue weighted by Crippen LogP contribution is -2.66. The molecule has 3 aliphatic rings. The Morgan fingerprint density at radius 1 is 0.354 bits per heavy atom. The van der Waals surface area contributed by atoms with E-state index in [1.165, 1.54) is 283 Å². The van der Waals surface area contributed by atoms with Gasteiger partial charge in [-0.15, -0.1) is 0 Å². The van der Waals surface area contributed by atoms with Crippen LogP contribution in [0.5, 0.6) is 0 Å². The highest BCUT2D eigenvalue weighted by Crippen LogP contribution is 2.33. The largest absolute Gasteiger partial charge is 0.394 e. The third kappa shape index (κ3) is 41.9. The van der Waals surface area contributed by atoms with Crippen LogP contribution < -0.4 is 5.32 Å². The summed E-state index contributed by atoms with van der Waals surface area (Å²) in [5.74, 6) is -0.235. The summed E-state index contributed by atoms with van der Waals surface area (Å²) in [5.41, 5.74) is 0. The number of unbranched alkanes of at least 4 members (excludes halogenated alkanes) is 49. The molecular weight excluding hydrogens is 1260 g/mol. The number of ether oxygens (including phenoxy) is 6. The fraction of sp³-hybridized carbons (Fsp3) is 0.963. The van der Waals surface area contributed by atoms with Crippen LogP contribution in [0, 0.1) is 0 Å². The molecule has 3 rings (SSSR count). The van der Waals surface area contributed by atoms with Gasteiger partial charge in [0.25, 0.3) is 0 Å². The molecule has 586 valence electrons. The van der Waals surface area contributed by atoms with Gasteiger partial charge in [-0.1, -0.05) is 328 Å². The number of allylic oxidation sites excluding steroid dienone is 2. The molecule has 3 fully saturated rings. The fourth-order valence-corrected chi connectivity index (χ4v) is 14.4. The molecule has 19 nitrogen and oxygen atoms in total. The highest BCUT2D eigenvalue weighted by molar-refractivity contribution is 5.76. The van der Waals surface area contributed by atoms with E-state index in [2.05, 4.69) is 31.3 Å². The molecule has 0 radical (unpaired) electrons. The summed E-state index contributed by atoms with van der Waals surface area (Å²) in [7, 11) is 0. The van der Waals surface area contributed by atoms with E-state index in [0.717, 1.165) is 44.9 Å². The molecular formula is C80H153NO18. The maximum absolute atomic E-state index is 13.5. The minimum absolute atomic E-state index is 0.235. The smallest absolute Gasteiger partial charge is 0.220 e. The lowest BCUT2D eigenvalue weighted by molar-refractivity contribution is -0.379. The number of aliphatic hydroxyl groups is 11. The van der Waals surface area contributed by atoms with Crippen molar-refractivity contribution in [2.24, 2.45) is 0 Å². The third-order valence-electron chi connectivity index (χ3n) is 21.1. The van der Waals surface area contributed by atoms with E-state index in [4.69, 9.17) is 28.4 Å².